The minimum Gasteiger partial charge on any atom is -0.445 e. The van der Waals surface area contributed by atoms with E-state index in [2.05, 4.69) is 9.88 Å². The van der Waals surface area contributed by atoms with E-state index in [9.17, 15) is 14.4 Å². The zero-order chi connectivity index (χ0) is 27.5. The van der Waals surface area contributed by atoms with Crippen LogP contribution in [0.25, 0.3) is 10.9 Å². The van der Waals surface area contributed by atoms with Gasteiger partial charge in [-0.3, -0.25) is 14.6 Å². The van der Waals surface area contributed by atoms with Gasteiger partial charge in [-0.05, 0) is 56.7 Å². The maximum absolute atomic E-state index is 15.4. The van der Waals surface area contributed by atoms with Gasteiger partial charge in [0.25, 0.3) is 5.91 Å². The Kier molecular flexibility index (Phi) is 7.75. The number of carbonyl (C=O) groups excluding carboxylic acids is 3. The first kappa shape index (κ1) is 26.9. The van der Waals surface area contributed by atoms with Crippen molar-refractivity contribution in [2.24, 2.45) is 11.7 Å². The van der Waals surface area contributed by atoms with Crippen LogP contribution in [-0.4, -0.2) is 58.4 Å². The molecule has 0 spiro atoms. The molecule has 39 heavy (non-hydrogen) atoms. The Morgan fingerprint density at radius 2 is 1.62 bits per heavy atom. The predicted octanol–water partition coefficient (Wildman–Crippen LogP) is 4.88. The van der Waals surface area contributed by atoms with Crippen LogP contribution in [0.1, 0.15) is 65.7 Å². The molecule has 1 saturated heterocycles. The first-order valence-corrected chi connectivity index (χ1v) is 13.7. The number of Topliss-reactive ketones (excluding diaryl/α,β-unsaturated/α-hetero) is 1. The van der Waals surface area contributed by atoms with Gasteiger partial charge in [-0.1, -0.05) is 48.5 Å². The first-order chi connectivity index (χ1) is 18.8. The van der Waals surface area contributed by atoms with E-state index in [0.29, 0.717) is 66.7 Å². The molecule has 3 aromatic rings. The molecule has 1 aliphatic heterocycles. The highest BCUT2D eigenvalue weighted by molar-refractivity contribution is 6.04. The summed E-state index contributed by atoms with van der Waals surface area (Å²) in [7, 11) is 0. The van der Waals surface area contributed by atoms with Crippen molar-refractivity contribution in [2.75, 3.05) is 19.6 Å². The molecule has 2 aliphatic rings. The van der Waals surface area contributed by atoms with E-state index in [1.807, 2.05) is 24.3 Å². The number of pyridine rings is 1. The summed E-state index contributed by atoms with van der Waals surface area (Å²) in [6.07, 6.45) is 5.00. The quantitative estimate of drug-likeness (QED) is 0.328. The molecule has 1 aliphatic carbocycles. The number of ketones is 1. The van der Waals surface area contributed by atoms with Crippen molar-refractivity contribution < 1.29 is 23.5 Å². The van der Waals surface area contributed by atoms with Crippen LogP contribution in [0.3, 0.4) is 0 Å². The second-order valence-electron chi connectivity index (χ2n) is 10.9. The Morgan fingerprint density at radius 3 is 2.31 bits per heavy atom. The smallest absolute Gasteiger partial charge is 0.339 e. The van der Waals surface area contributed by atoms with Gasteiger partial charge in [0.1, 0.15) is 0 Å². The van der Waals surface area contributed by atoms with Crippen LogP contribution in [0.2, 0.25) is 0 Å². The molecule has 0 bridgehead atoms. The monoisotopic (exact) mass is 531 g/mol. The number of likely N-dealkylation sites (tertiary alicyclic amines) is 1. The second-order valence-corrected chi connectivity index (χ2v) is 10.9. The average Bonchev–Trinajstić information content (AvgIpc) is 2.97. The van der Waals surface area contributed by atoms with Crippen molar-refractivity contribution in [1.82, 2.24) is 9.88 Å². The molecule has 0 unspecified atom stereocenters. The number of amides is 1. The molecule has 2 aromatic carbocycles. The second kappa shape index (κ2) is 11.2. The molecule has 1 aromatic heterocycles. The van der Waals surface area contributed by atoms with Crippen LogP contribution in [0.4, 0.5) is 4.39 Å². The highest BCUT2D eigenvalue weighted by Crippen LogP contribution is 2.38. The SMILES string of the molecule is NC(=O)C1(OC(=O)c2ccnc3ccccc23)CCC(CCN2CCC(F)(C(=O)c3ccccc3)CC2)CC1. The molecule has 204 valence electrons. The maximum atomic E-state index is 15.4. The molecule has 5 rings (SSSR count). The number of piperidine rings is 1. The third-order valence-corrected chi connectivity index (χ3v) is 8.46. The van der Waals surface area contributed by atoms with Gasteiger partial charge in [0.05, 0.1) is 11.1 Å². The zero-order valence-electron chi connectivity index (χ0n) is 22.0. The van der Waals surface area contributed by atoms with Crippen molar-refractivity contribution in [3.63, 3.8) is 0 Å². The Balaban J connectivity index is 1.13. The van der Waals surface area contributed by atoms with E-state index in [-0.39, 0.29) is 12.8 Å². The van der Waals surface area contributed by atoms with Crippen LogP contribution in [0.5, 0.6) is 0 Å². The number of nitrogens with zero attached hydrogens (tertiary/aromatic N) is 2. The maximum Gasteiger partial charge on any atom is 0.339 e. The highest BCUT2D eigenvalue weighted by Gasteiger charge is 2.45. The average molecular weight is 532 g/mol. The summed E-state index contributed by atoms with van der Waals surface area (Å²) in [5, 5.41) is 0.669. The fourth-order valence-corrected chi connectivity index (χ4v) is 5.91. The van der Waals surface area contributed by atoms with E-state index in [4.69, 9.17) is 10.5 Å². The van der Waals surface area contributed by atoms with E-state index >= 15 is 4.39 Å². The number of carbonyl (C=O) groups is 3. The first-order valence-electron chi connectivity index (χ1n) is 13.7. The summed E-state index contributed by atoms with van der Waals surface area (Å²) in [4.78, 5) is 44.8. The van der Waals surface area contributed by atoms with Gasteiger partial charge in [0.2, 0.25) is 0 Å². The molecule has 8 heteroatoms. The summed E-state index contributed by atoms with van der Waals surface area (Å²) in [6, 6.07) is 17.6. The fourth-order valence-electron chi connectivity index (χ4n) is 5.91. The summed E-state index contributed by atoms with van der Waals surface area (Å²) in [5.74, 6) is -1.27. The summed E-state index contributed by atoms with van der Waals surface area (Å²) in [5.41, 5.74) is 4.10. The lowest BCUT2D eigenvalue weighted by Gasteiger charge is -2.39. The number of hydrogen-bond acceptors (Lipinski definition) is 6. The summed E-state index contributed by atoms with van der Waals surface area (Å²) >= 11 is 0. The molecule has 2 heterocycles. The highest BCUT2D eigenvalue weighted by atomic mass is 19.1. The van der Waals surface area contributed by atoms with Gasteiger partial charge in [-0.2, -0.15) is 0 Å². The van der Waals surface area contributed by atoms with Crippen molar-refractivity contribution in [3.8, 4) is 0 Å². The lowest BCUT2D eigenvalue weighted by atomic mass is 9.76. The Hall–Kier alpha value is -3.65. The van der Waals surface area contributed by atoms with E-state index in [1.54, 1.807) is 42.6 Å². The molecule has 1 amide bonds. The molecule has 0 radical (unpaired) electrons. The number of rotatable bonds is 8. The van der Waals surface area contributed by atoms with Gasteiger partial charge < -0.3 is 15.4 Å². The van der Waals surface area contributed by atoms with Gasteiger partial charge in [-0.15, -0.1) is 0 Å². The number of halogens is 1. The summed E-state index contributed by atoms with van der Waals surface area (Å²) < 4.78 is 21.3. The fraction of sp³-hybridized carbons (Fsp3) is 0.419. The third kappa shape index (κ3) is 5.71. The number of ether oxygens (including phenoxy) is 1. The Morgan fingerprint density at radius 1 is 0.949 bits per heavy atom. The van der Waals surface area contributed by atoms with Gasteiger partial charge in [0, 0.05) is 43.1 Å². The zero-order valence-corrected chi connectivity index (χ0v) is 22.0. The van der Waals surface area contributed by atoms with E-state index in [1.165, 1.54) is 0 Å². The number of aromatic nitrogens is 1. The van der Waals surface area contributed by atoms with Crippen LogP contribution < -0.4 is 5.73 Å². The lowest BCUT2D eigenvalue weighted by Crippen LogP contribution is -2.50. The summed E-state index contributed by atoms with van der Waals surface area (Å²) in [6.45, 7) is 1.86. The number of para-hydroxylation sites is 1. The minimum absolute atomic E-state index is 0.190. The molecule has 2 fully saturated rings. The Labute approximate surface area is 227 Å². The molecular formula is C31H34FN3O4. The van der Waals surface area contributed by atoms with Gasteiger partial charge in [-0.25, -0.2) is 9.18 Å². The normalized spacial score (nSPS) is 23.3. The van der Waals surface area contributed by atoms with Gasteiger partial charge in [0.15, 0.2) is 17.1 Å². The largest absolute Gasteiger partial charge is 0.445 e. The van der Waals surface area contributed by atoms with Crippen molar-refractivity contribution in [1.29, 1.82) is 0 Å². The molecular weight excluding hydrogens is 497 g/mol. The van der Waals surface area contributed by atoms with Crippen LogP contribution in [0.15, 0.2) is 66.9 Å². The third-order valence-electron chi connectivity index (χ3n) is 8.46. The molecule has 7 nitrogen and oxygen atoms in total. The van der Waals surface area contributed by atoms with Crippen molar-refractivity contribution in [2.45, 2.75) is 56.2 Å². The standard InChI is InChI=1S/C31H34FN3O4/c32-30(27(36)23-6-2-1-3-7-23)16-20-35(21-17-30)19-13-22-10-14-31(15-11-22,29(33)38)39-28(37)25-12-18-34-26-9-5-4-8-24(25)26/h1-9,12,18,22H,10-11,13-17,19-21H2,(H2,33,38). The van der Waals surface area contributed by atoms with E-state index < -0.39 is 28.9 Å². The number of benzene rings is 2. The topological polar surface area (TPSA) is 103 Å². The van der Waals surface area contributed by atoms with Crippen molar-refractivity contribution in [3.05, 3.63) is 78.0 Å². The lowest BCUT2D eigenvalue weighted by molar-refractivity contribution is -0.142. The minimum atomic E-state index is -1.81. The molecule has 1 saturated carbocycles. The predicted molar refractivity (Wildman–Crippen MR) is 146 cm³/mol. The van der Waals surface area contributed by atoms with Crippen molar-refractivity contribution >= 4 is 28.6 Å². The van der Waals surface area contributed by atoms with Crippen LogP contribution in [-0.2, 0) is 9.53 Å². The Bertz CT molecular complexity index is 1340. The van der Waals surface area contributed by atoms with Gasteiger partial charge >= 0.3 is 5.97 Å². The number of primary amides is 1. The number of fused-ring (bicyclic) bond motifs is 1. The molecule has 2 N–H and O–H groups in total. The van der Waals surface area contributed by atoms with E-state index in [0.717, 1.165) is 13.0 Å². The molecule has 0 atom stereocenters. The number of hydrogen-bond donors (Lipinski definition) is 1. The number of esters is 1. The number of alkyl halides is 1. The van der Waals surface area contributed by atoms with Crippen LogP contribution >= 0.6 is 0 Å². The van der Waals surface area contributed by atoms with Crippen LogP contribution in [0, 0.1) is 5.92 Å². The number of nitrogens with two attached hydrogens (primary N) is 1.